The zero-order chi connectivity index (χ0) is 8.85. The summed E-state index contributed by atoms with van der Waals surface area (Å²) in [6.07, 6.45) is 0.622. The van der Waals surface area contributed by atoms with E-state index in [4.69, 9.17) is 16.6 Å². The fraction of sp³-hybridized carbons (Fsp3) is 0.667. The monoisotopic (exact) mass is 159 g/mol. The lowest BCUT2D eigenvalue weighted by Gasteiger charge is -2.03. The summed E-state index contributed by atoms with van der Waals surface area (Å²) < 4.78 is 0. The van der Waals surface area contributed by atoms with E-state index in [9.17, 15) is 9.59 Å². The number of carboxylic acid groups (broad SMARTS) is 1. The number of aliphatic carboxylic acids is 1. The lowest BCUT2D eigenvalue weighted by molar-refractivity contribution is -0.137. The molecule has 0 heterocycles. The van der Waals surface area contributed by atoms with Crippen molar-refractivity contribution in [1.82, 2.24) is 5.73 Å². The van der Waals surface area contributed by atoms with E-state index in [1.807, 2.05) is 0 Å². The van der Waals surface area contributed by atoms with Gasteiger partial charge in [0.2, 0.25) is 0 Å². The Kier molecular flexibility index (Phi) is 4.21. The molecule has 0 saturated heterocycles. The van der Waals surface area contributed by atoms with Crippen LogP contribution in [0.5, 0.6) is 0 Å². The van der Waals surface area contributed by atoms with Crippen LogP contribution >= 0.6 is 0 Å². The van der Waals surface area contributed by atoms with Crippen molar-refractivity contribution in [1.29, 1.82) is 0 Å². The fourth-order valence-electron chi connectivity index (χ4n) is 0.604. The number of carbonyl (C=O) groups excluding carboxylic acids is 1. The predicted molar refractivity (Wildman–Crippen MR) is 37.6 cm³/mol. The number of hydrogen-bond donors (Lipinski definition) is 2. The molecule has 0 aliphatic carbocycles. The average molecular weight is 159 g/mol. The predicted octanol–water partition coefficient (Wildman–Crippen LogP) is -0.622. The maximum absolute atomic E-state index is 10.2. The molecule has 1 atom stereocenters. The third kappa shape index (κ3) is 5.35. The van der Waals surface area contributed by atoms with Gasteiger partial charge < -0.3 is 10.8 Å². The van der Waals surface area contributed by atoms with E-state index in [1.165, 1.54) is 0 Å². The summed E-state index contributed by atoms with van der Waals surface area (Å²) in [5.74, 6) is -1.75. The van der Waals surface area contributed by atoms with Gasteiger partial charge in [-0.2, -0.15) is 0 Å². The number of hydrogen-bond acceptors (Lipinski definition) is 3. The maximum atomic E-state index is 10.2. The molecule has 1 radical (unpaired) electrons. The Labute approximate surface area is 64.4 Å². The molecule has 0 saturated carbocycles. The van der Waals surface area contributed by atoms with E-state index in [2.05, 4.69) is 0 Å². The summed E-state index contributed by atoms with van der Waals surface area (Å²) in [5, 5.41) is 8.19. The molecule has 0 fully saturated rings. The van der Waals surface area contributed by atoms with Gasteiger partial charge in [-0.25, -0.2) is 0 Å². The number of carboxylic acids is 1. The van der Waals surface area contributed by atoms with Crippen LogP contribution in [0.4, 0.5) is 0 Å². The highest BCUT2D eigenvalue weighted by atomic mass is 16.4. The second-order valence-electron chi connectivity index (χ2n) is 2.26. The van der Waals surface area contributed by atoms with Gasteiger partial charge in [-0.3, -0.25) is 15.3 Å². The van der Waals surface area contributed by atoms with Gasteiger partial charge in [0.15, 0.2) is 0 Å². The van der Waals surface area contributed by atoms with Crippen molar-refractivity contribution < 1.29 is 14.7 Å². The zero-order valence-electron chi connectivity index (χ0n) is 6.04. The standard InChI is InChI=1S/C6H11N2O3/c7-4(6(8)11)2-1-3-5(9)10/h4,8H,1-3,7H2,(H,9,10). The number of rotatable bonds is 5. The van der Waals surface area contributed by atoms with Gasteiger partial charge in [-0.1, -0.05) is 0 Å². The molecular formula is C6H11N2O3. The van der Waals surface area contributed by atoms with Gasteiger partial charge in [0.1, 0.15) is 0 Å². The highest BCUT2D eigenvalue weighted by Crippen LogP contribution is 1.98. The van der Waals surface area contributed by atoms with E-state index in [0.717, 1.165) is 0 Å². The highest BCUT2D eigenvalue weighted by Gasteiger charge is 2.09. The minimum absolute atomic E-state index is 0.000972. The average Bonchev–Trinajstić information content (AvgIpc) is 1.86. The molecule has 4 N–H and O–H groups in total. The van der Waals surface area contributed by atoms with Crippen molar-refractivity contribution in [3.8, 4) is 0 Å². The Balaban J connectivity index is 3.39. The van der Waals surface area contributed by atoms with Crippen molar-refractivity contribution in [2.24, 2.45) is 5.73 Å². The summed E-state index contributed by atoms with van der Waals surface area (Å²) in [7, 11) is 0. The Morgan fingerprint density at radius 1 is 1.55 bits per heavy atom. The molecule has 63 valence electrons. The molecule has 0 aromatic rings. The van der Waals surface area contributed by atoms with Crippen LogP contribution in [0.25, 0.3) is 0 Å². The van der Waals surface area contributed by atoms with Crippen molar-refractivity contribution in [3.05, 3.63) is 0 Å². The summed E-state index contributed by atoms with van der Waals surface area (Å²) in [6, 6.07) is -0.825. The van der Waals surface area contributed by atoms with Crippen LogP contribution in [0.3, 0.4) is 0 Å². The van der Waals surface area contributed by atoms with E-state index in [0.29, 0.717) is 6.42 Å². The van der Waals surface area contributed by atoms with E-state index < -0.39 is 17.9 Å². The topological polar surface area (TPSA) is 104 Å². The highest BCUT2D eigenvalue weighted by molar-refractivity contribution is 5.78. The minimum atomic E-state index is -0.908. The lowest BCUT2D eigenvalue weighted by atomic mass is 10.1. The third-order valence-corrected chi connectivity index (χ3v) is 1.24. The van der Waals surface area contributed by atoms with Gasteiger partial charge in [-0.05, 0) is 12.8 Å². The molecule has 0 aromatic heterocycles. The molecule has 5 heteroatoms. The molecule has 0 aliphatic heterocycles. The Morgan fingerprint density at radius 3 is 2.45 bits per heavy atom. The van der Waals surface area contributed by atoms with Crippen molar-refractivity contribution >= 4 is 11.9 Å². The van der Waals surface area contributed by atoms with Gasteiger partial charge in [0.25, 0.3) is 5.91 Å². The first-order valence-corrected chi connectivity index (χ1v) is 3.27. The molecule has 0 rings (SSSR count). The second kappa shape index (κ2) is 4.68. The summed E-state index contributed by atoms with van der Waals surface area (Å²) in [6.45, 7) is 0. The number of nitrogens with one attached hydrogen (secondary N) is 1. The summed E-state index contributed by atoms with van der Waals surface area (Å²) >= 11 is 0. The number of nitrogens with two attached hydrogens (primary N) is 1. The largest absolute Gasteiger partial charge is 0.481 e. The van der Waals surface area contributed by atoms with Crippen LogP contribution < -0.4 is 11.5 Å². The molecule has 1 amide bonds. The SMILES string of the molecule is [NH]C(=O)C(N)CCCC(=O)O. The van der Waals surface area contributed by atoms with Gasteiger partial charge in [0.05, 0.1) is 6.04 Å². The molecule has 1 unspecified atom stereocenters. The van der Waals surface area contributed by atoms with E-state index in [1.54, 1.807) is 0 Å². The van der Waals surface area contributed by atoms with Crippen LogP contribution in [-0.2, 0) is 9.59 Å². The second-order valence-corrected chi connectivity index (χ2v) is 2.26. The smallest absolute Gasteiger partial charge is 0.303 e. The van der Waals surface area contributed by atoms with Gasteiger partial charge in [-0.15, -0.1) is 0 Å². The third-order valence-electron chi connectivity index (χ3n) is 1.24. The molecule has 0 aliphatic rings. The molecule has 5 nitrogen and oxygen atoms in total. The first-order valence-electron chi connectivity index (χ1n) is 3.27. The fourth-order valence-corrected chi connectivity index (χ4v) is 0.604. The molecule has 0 aromatic carbocycles. The first kappa shape index (κ1) is 9.90. The molecule has 0 bridgehead atoms. The number of carbonyl (C=O) groups is 2. The van der Waals surface area contributed by atoms with E-state index in [-0.39, 0.29) is 12.8 Å². The maximum Gasteiger partial charge on any atom is 0.303 e. The van der Waals surface area contributed by atoms with Crippen LogP contribution in [0.1, 0.15) is 19.3 Å². The van der Waals surface area contributed by atoms with Crippen LogP contribution in [-0.4, -0.2) is 23.0 Å². The Bertz CT molecular complexity index is 158. The summed E-state index contributed by atoms with van der Waals surface area (Å²) in [5.41, 5.74) is 11.7. The number of amides is 1. The van der Waals surface area contributed by atoms with Gasteiger partial charge >= 0.3 is 5.97 Å². The molecule has 11 heavy (non-hydrogen) atoms. The summed E-state index contributed by atoms with van der Waals surface area (Å²) in [4.78, 5) is 20.2. The first-order chi connectivity index (χ1) is 5.04. The quantitative estimate of drug-likeness (QED) is 0.557. The van der Waals surface area contributed by atoms with Gasteiger partial charge in [0, 0.05) is 6.42 Å². The normalized spacial score (nSPS) is 12.5. The Hall–Kier alpha value is -1.10. The van der Waals surface area contributed by atoms with Crippen molar-refractivity contribution in [3.63, 3.8) is 0 Å². The van der Waals surface area contributed by atoms with E-state index >= 15 is 0 Å². The zero-order valence-corrected chi connectivity index (χ0v) is 6.04. The van der Waals surface area contributed by atoms with Crippen molar-refractivity contribution in [2.75, 3.05) is 0 Å². The lowest BCUT2D eigenvalue weighted by Crippen LogP contribution is -2.31. The Morgan fingerprint density at radius 2 is 2.09 bits per heavy atom. The molecule has 0 spiro atoms. The van der Waals surface area contributed by atoms with Crippen molar-refractivity contribution in [2.45, 2.75) is 25.3 Å². The van der Waals surface area contributed by atoms with Crippen LogP contribution in [0.2, 0.25) is 0 Å². The van der Waals surface area contributed by atoms with Crippen LogP contribution in [0.15, 0.2) is 0 Å². The molecular weight excluding hydrogens is 148 g/mol. The van der Waals surface area contributed by atoms with Crippen LogP contribution in [0, 0.1) is 0 Å². The minimum Gasteiger partial charge on any atom is -0.481 e.